The highest BCUT2D eigenvalue weighted by atomic mass is 35.5. The Bertz CT molecular complexity index is 953. The van der Waals surface area contributed by atoms with Crippen molar-refractivity contribution in [2.24, 2.45) is 0 Å². The number of thiazole rings is 1. The Kier molecular flexibility index (Phi) is 6.38. The maximum atomic E-state index is 13.4. The van der Waals surface area contributed by atoms with Gasteiger partial charge in [0.25, 0.3) is 5.91 Å². The van der Waals surface area contributed by atoms with Crippen LogP contribution in [0.5, 0.6) is 0 Å². The van der Waals surface area contributed by atoms with Gasteiger partial charge >= 0.3 is 0 Å². The van der Waals surface area contributed by atoms with Crippen LogP contribution in [0.15, 0.2) is 30.3 Å². The molecule has 1 aromatic heterocycles. The number of aryl methyl sites for hydroxylation is 3. The largest absolute Gasteiger partial charge is 0.309 e. The Morgan fingerprint density at radius 1 is 1.07 bits per heavy atom. The van der Waals surface area contributed by atoms with Gasteiger partial charge in [-0.3, -0.25) is 9.69 Å². The summed E-state index contributed by atoms with van der Waals surface area (Å²) in [7, 11) is 4.08. The number of hydrogen-bond donors (Lipinski definition) is 0. The summed E-state index contributed by atoms with van der Waals surface area (Å²) in [6.07, 6.45) is 0.867. The lowest BCUT2D eigenvalue weighted by Gasteiger charge is -2.21. The summed E-state index contributed by atoms with van der Waals surface area (Å²) in [6, 6.07) is 9.83. The first-order valence-corrected chi connectivity index (χ1v) is 10.6. The van der Waals surface area contributed by atoms with Crippen LogP contribution in [0, 0.1) is 20.8 Å². The highest BCUT2D eigenvalue weighted by Crippen LogP contribution is 2.36. The first kappa shape index (κ1) is 20.8. The Morgan fingerprint density at radius 3 is 2.36 bits per heavy atom. The SMILES string of the molecule is Cc1cc(C)cc(C(=O)N(CCCN(C)C)c2nc3c(C)ccc(Cl)c3s2)c1. The summed E-state index contributed by atoms with van der Waals surface area (Å²) < 4.78 is 0.933. The van der Waals surface area contributed by atoms with E-state index in [1.54, 1.807) is 4.90 Å². The smallest absolute Gasteiger partial charge is 0.260 e. The molecule has 1 heterocycles. The molecule has 0 unspecified atom stereocenters. The minimum absolute atomic E-state index is 0.0154. The molecule has 1 amide bonds. The van der Waals surface area contributed by atoms with Crippen molar-refractivity contribution >= 4 is 44.2 Å². The Morgan fingerprint density at radius 2 is 1.75 bits per heavy atom. The summed E-state index contributed by atoms with van der Waals surface area (Å²) in [5.74, 6) is -0.0154. The van der Waals surface area contributed by atoms with Crippen LogP contribution >= 0.6 is 22.9 Å². The van der Waals surface area contributed by atoms with Crippen molar-refractivity contribution in [3.8, 4) is 0 Å². The Balaban J connectivity index is 2.02. The summed E-state index contributed by atoms with van der Waals surface area (Å²) in [4.78, 5) is 22.1. The molecule has 3 aromatic rings. The number of anilines is 1. The van der Waals surface area contributed by atoms with Crippen LogP contribution in [0.25, 0.3) is 10.2 Å². The molecule has 4 nitrogen and oxygen atoms in total. The average Bonchev–Trinajstić information content (AvgIpc) is 3.07. The minimum atomic E-state index is -0.0154. The number of nitrogens with zero attached hydrogens (tertiary/aromatic N) is 3. The molecule has 0 saturated carbocycles. The van der Waals surface area contributed by atoms with Gasteiger partial charge in [0.1, 0.15) is 0 Å². The quantitative estimate of drug-likeness (QED) is 0.535. The van der Waals surface area contributed by atoms with E-state index in [1.165, 1.54) is 11.3 Å². The average molecular weight is 416 g/mol. The molecule has 2 aromatic carbocycles. The fourth-order valence-corrected chi connectivity index (χ4v) is 4.63. The van der Waals surface area contributed by atoms with Crippen LogP contribution in [0.1, 0.15) is 33.5 Å². The molecular formula is C22H26ClN3OS. The second-order valence-electron chi connectivity index (χ2n) is 7.53. The zero-order chi connectivity index (χ0) is 20.4. The maximum Gasteiger partial charge on any atom is 0.260 e. The number of carbonyl (C=O) groups is 1. The fraction of sp³-hybridized carbons (Fsp3) is 0.364. The molecule has 0 aliphatic heterocycles. The number of halogens is 1. The molecule has 0 spiro atoms. The van der Waals surface area contributed by atoms with Gasteiger partial charge in [0, 0.05) is 12.1 Å². The number of amides is 1. The third-order valence-corrected chi connectivity index (χ3v) is 6.16. The highest BCUT2D eigenvalue weighted by molar-refractivity contribution is 7.23. The molecule has 28 heavy (non-hydrogen) atoms. The summed E-state index contributed by atoms with van der Waals surface area (Å²) >= 11 is 7.88. The van der Waals surface area contributed by atoms with Crippen molar-refractivity contribution in [3.63, 3.8) is 0 Å². The van der Waals surface area contributed by atoms with E-state index >= 15 is 0 Å². The molecule has 0 bridgehead atoms. The molecule has 0 atom stereocenters. The number of aromatic nitrogens is 1. The molecule has 148 valence electrons. The number of hydrogen-bond acceptors (Lipinski definition) is 4. The van der Waals surface area contributed by atoms with E-state index in [0.717, 1.165) is 39.9 Å². The van der Waals surface area contributed by atoms with Crippen LogP contribution in [0.4, 0.5) is 5.13 Å². The van der Waals surface area contributed by atoms with E-state index in [1.807, 2.05) is 59.1 Å². The van der Waals surface area contributed by atoms with Crippen LogP contribution in [0.2, 0.25) is 5.02 Å². The van der Waals surface area contributed by atoms with E-state index in [4.69, 9.17) is 16.6 Å². The predicted octanol–water partition coefficient (Wildman–Crippen LogP) is 5.47. The first-order chi connectivity index (χ1) is 13.3. The summed E-state index contributed by atoms with van der Waals surface area (Å²) in [5, 5.41) is 1.38. The zero-order valence-corrected chi connectivity index (χ0v) is 18.6. The summed E-state index contributed by atoms with van der Waals surface area (Å²) in [5.41, 5.74) is 4.80. The molecule has 0 fully saturated rings. The maximum absolute atomic E-state index is 13.4. The molecular weight excluding hydrogens is 390 g/mol. The van der Waals surface area contributed by atoms with Crippen molar-refractivity contribution in [2.75, 3.05) is 32.1 Å². The van der Waals surface area contributed by atoms with Gasteiger partial charge in [-0.05, 0) is 71.6 Å². The number of benzene rings is 2. The van der Waals surface area contributed by atoms with Gasteiger partial charge in [0.05, 0.1) is 15.2 Å². The fourth-order valence-electron chi connectivity index (χ4n) is 3.29. The van der Waals surface area contributed by atoms with Crippen LogP contribution in [0.3, 0.4) is 0 Å². The molecule has 6 heteroatoms. The van der Waals surface area contributed by atoms with E-state index in [9.17, 15) is 4.79 Å². The molecule has 0 N–H and O–H groups in total. The minimum Gasteiger partial charge on any atom is -0.309 e. The number of rotatable bonds is 6. The van der Waals surface area contributed by atoms with Crippen LogP contribution in [-0.4, -0.2) is 43.0 Å². The molecule has 3 rings (SSSR count). The van der Waals surface area contributed by atoms with Gasteiger partial charge in [0.2, 0.25) is 0 Å². The van der Waals surface area contributed by atoms with E-state index in [0.29, 0.717) is 22.3 Å². The molecule has 0 saturated heterocycles. The zero-order valence-electron chi connectivity index (χ0n) is 17.0. The van der Waals surface area contributed by atoms with Gasteiger partial charge in [-0.2, -0.15) is 0 Å². The second-order valence-corrected chi connectivity index (χ2v) is 8.91. The van der Waals surface area contributed by atoms with Crippen molar-refractivity contribution in [1.29, 1.82) is 0 Å². The molecule has 0 aliphatic rings. The van der Waals surface area contributed by atoms with E-state index < -0.39 is 0 Å². The van der Waals surface area contributed by atoms with Gasteiger partial charge in [-0.1, -0.05) is 46.2 Å². The van der Waals surface area contributed by atoms with Crippen molar-refractivity contribution < 1.29 is 4.79 Å². The van der Waals surface area contributed by atoms with Crippen LogP contribution < -0.4 is 4.90 Å². The van der Waals surface area contributed by atoms with Crippen LogP contribution in [-0.2, 0) is 0 Å². The van der Waals surface area contributed by atoms with Gasteiger partial charge in [0.15, 0.2) is 5.13 Å². The third-order valence-electron chi connectivity index (χ3n) is 4.62. The summed E-state index contributed by atoms with van der Waals surface area (Å²) in [6.45, 7) is 7.56. The lowest BCUT2D eigenvalue weighted by molar-refractivity contribution is 0.0986. The van der Waals surface area contributed by atoms with Crippen molar-refractivity contribution in [3.05, 3.63) is 57.6 Å². The number of fused-ring (bicyclic) bond motifs is 1. The van der Waals surface area contributed by atoms with E-state index in [-0.39, 0.29) is 5.91 Å². The molecule has 0 radical (unpaired) electrons. The van der Waals surface area contributed by atoms with Gasteiger partial charge in [-0.25, -0.2) is 4.98 Å². The number of carbonyl (C=O) groups excluding carboxylic acids is 1. The molecule has 0 aliphatic carbocycles. The highest BCUT2D eigenvalue weighted by Gasteiger charge is 2.22. The van der Waals surface area contributed by atoms with Gasteiger partial charge < -0.3 is 4.90 Å². The van der Waals surface area contributed by atoms with Crippen molar-refractivity contribution in [1.82, 2.24) is 9.88 Å². The lowest BCUT2D eigenvalue weighted by atomic mass is 10.1. The monoisotopic (exact) mass is 415 g/mol. The standard InChI is InChI=1S/C22H26ClN3OS/c1-14-11-15(2)13-17(12-14)21(27)26(10-6-9-25(4)5)22-24-19-16(3)7-8-18(23)20(19)28-22/h7-8,11-13H,6,9-10H2,1-5H3. The van der Waals surface area contributed by atoms with Crippen molar-refractivity contribution in [2.45, 2.75) is 27.2 Å². The normalized spacial score (nSPS) is 11.4. The second kappa shape index (κ2) is 8.60. The topological polar surface area (TPSA) is 36.4 Å². The first-order valence-electron chi connectivity index (χ1n) is 9.37. The van der Waals surface area contributed by atoms with E-state index in [2.05, 4.69) is 11.0 Å². The predicted molar refractivity (Wildman–Crippen MR) is 120 cm³/mol. The third kappa shape index (κ3) is 4.54. The Labute approximate surface area is 175 Å². The van der Waals surface area contributed by atoms with Gasteiger partial charge in [-0.15, -0.1) is 0 Å². The lowest BCUT2D eigenvalue weighted by Crippen LogP contribution is -2.33. The Hall–Kier alpha value is -1.95.